The highest BCUT2D eigenvalue weighted by Crippen LogP contribution is 2.34. The molecule has 1 heterocycles. The predicted octanol–water partition coefficient (Wildman–Crippen LogP) is 4.09. The first kappa shape index (κ1) is 17.7. The van der Waals surface area contributed by atoms with Crippen LogP contribution in [0, 0.1) is 0 Å². The van der Waals surface area contributed by atoms with E-state index >= 15 is 0 Å². The molecule has 3 heteroatoms. The molecule has 0 amide bonds. The molecule has 1 aliphatic rings. The van der Waals surface area contributed by atoms with E-state index in [1.54, 1.807) is 6.08 Å². The maximum atomic E-state index is 5.61. The summed E-state index contributed by atoms with van der Waals surface area (Å²) in [6.07, 6.45) is 3.89. The molecule has 0 radical (unpaired) electrons. The third kappa shape index (κ3) is 4.71. The van der Waals surface area contributed by atoms with Crippen molar-refractivity contribution in [2.24, 2.45) is 0 Å². The molecule has 0 saturated carbocycles. The van der Waals surface area contributed by atoms with Gasteiger partial charge in [-0.15, -0.1) is 0 Å². The van der Waals surface area contributed by atoms with Crippen LogP contribution in [0.4, 0.5) is 0 Å². The molecule has 1 N–H and O–H groups in total. The highest BCUT2D eigenvalue weighted by atomic mass is 16.5. The van der Waals surface area contributed by atoms with Crippen LogP contribution in [-0.4, -0.2) is 26.4 Å². The van der Waals surface area contributed by atoms with E-state index in [1.165, 1.54) is 11.1 Å². The highest BCUT2D eigenvalue weighted by molar-refractivity contribution is 5.28. The van der Waals surface area contributed by atoms with Crippen LogP contribution in [0.5, 0.6) is 5.75 Å². The monoisotopic (exact) mass is 337 g/mol. The van der Waals surface area contributed by atoms with E-state index < -0.39 is 0 Å². The SMILES string of the molecule is C=CCOc1ccc(CNCC2(c3ccccc3)CCOCC2)cc1. The van der Waals surface area contributed by atoms with Gasteiger partial charge in [0.05, 0.1) is 0 Å². The predicted molar refractivity (Wildman–Crippen MR) is 102 cm³/mol. The molecule has 2 aromatic carbocycles. The van der Waals surface area contributed by atoms with Gasteiger partial charge in [0.25, 0.3) is 0 Å². The lowest BCUT2D eigenvalue weighted by Gasteiger charge is -2.38. The smallest absolute Gasteiger partial charge is 0.119 e. The fourth-order valence-electron chi connectivity index (χ4n) is 3.43. The van der Waals surface area contributed by atoms with E-state index in [1.807, 2.05) is 12.1 Å². The summed E-state index contributed by atoms with van der Waals surface area (Å²) in [7, 11) is 0. The maximum absolute atomic E-state index is 5.61. The number of nitrogens with one attached hydrogen (secondary N) is 1. The lowest BCUT2D eigenvalue weighted by molar-refractivity contribution is 0.0498. The average molecular weight is 337 g/mol. The molecule has 0 spiro atoms. The number of ether oxygens (including phenoxy) is 2. The van der Waals surface area contributed by atoms with Gasteiger partial charge < -0.3 is 14.8 Å². The molecule has 2 aromatic rings. The zero-order valence-corrected chi connectivity index (χ0v) is 14.7. The van der Waals surface area contributed by atoms with Crippen molar-refractivity contribution in [3.8, 4) is 5.75 Å². The summed E-state index contributed by atoms with van der Waals surface area (Å²) in [5, 5.41) is 3.66. The first-order valence-corrected chi connectivity index (χ1v) is 8.99. The molecule has 0 unspecified atom stereocenters. The van der Waals surface area contributed by atoms with Crippen molar-refractivity contribution in [2.45, 2.75) is 24.8 Å². The summed E-state index contributed by atoms with van der Waals surface area (Å²) < 4.78 is 11.1. The highest BCUT2D eigenvalue weighted by Gasteiger charge is 2.33. The average Bonchev–Trinajstić information content (AvgIpc) is 2.69. The van der Waals surface area contributed by atoms with Gasteiger partial charge in [-0.3, -0.25) is 0 Å². The molecule has 1 saturated heterocycles. The zero-order chi connectivity index (χ0) is 17.4. The minimum Gasteiger partial charge on any atom is -0.490 e. The van der Waals surface area contributed by atoms with E-state index in [-0.39, 0.29) is 5.41 Å². The van der Waals surface area contributed by atoms with Crippen LogP contribution in [0.2, 0.25) is 0 Å². The van der Waals surface area contributed by atoms with Gasteiger partial charge in [-0.2, -0.15) is 0 Å². The Kier molecular flexibility index (Phi) is 6.26. The Balaban J connectivity index is 1.59. The number of hydrogen-bond donors (Lipinski definition) is 1. The molecule has 0 aromatic heterocycles. The lowest BCUT2D eigenvalue weighted by Crippen LogP contribution is -2.42. The van der Waals surface area contributed by atoms with Crippen LogP contribution in [0.1, 0.15) is 24.0 Å². The van der Waals surface area contributed by atoms with Crippen molar-refractivity contribution in [3.63, 3.8) is 0 Å². The Morgan fingerprint density at radius 3 is 2.44 bits per heavy atom. The summed E-state index contributed by atoms with van der Waals surface area (Å²) in [6.45, 7) is 7.71. The van der Waals surface area contributed by atoms with E-state index in [9.17, 15) is 0 Å². The molecule has 3 nitrogen and oxygen atoms in total. The Labute approximate surface area is 150 Å². The largest absolute Gasteiger partial charge is 0.490 e. The van der Waals surface area contributed by atoms with Crippen LogP contribution >= 0.6 is 0 Å². The normalized spacial score (nSPS) is 16.3. The van der Waals surface area contributed by atoms with Gasteiger partial charge >= 0.3 is 0 Å². The minimum absolute atomic E-state index is 0.173. The lowest BCUT2D eigenvalue weighted by atomic mass is 9.74. The molecule has 3 rings (SSSR count). The van der Waals surface area contributed by atoms with Gasteiger partial charge in [0.1, 0.15) is 12.4 Å². The molecule has 0 atom stereocenters. The summed E-state index contributed by atoms with van der Waals surface area (Å²) in [4.78, 5) is 0. The molecule has 1 aliphatic heterocycles. The van der Waals surface area contributed by atoms with E-state index in [4.69, 9.17) is 9.47 Å². The van der Waals surface area contributed by atoms with Gasteiger partial charge in [0, 0.05) is 31.7 Å². The quantitative estimate of drug-likeness (QED) is 0.736. The first-order chi connectivity index (χ1) is 12.3. The zero-order valence-electron chi connectivity index (χ0n) is 14.7. The van der Waals surface area contributed by atoms with Crippen LogP contribution < -0.4 is 10.1 Å². The van der Waals surface area contributed by atoms with Crippen molar-refractivity contribution >= 4 is 0 Å². The molecule has 132 valence electrons. The third-order valence-electron chi connectivity index (χ3n) is 4.92. The molecular formula is C22H27NO2. The second-order valence-electron chi connectivity index (χ2n) is 6.61. The topological polar surface area (TPSA) is 30.5 Å². The second kappa shape index (κ2) is 8.84. The van der Waals surface area contributed by atoms with Crippen molar-refractivity contribution in [2.75, 3.05) is 26.4 Å². The Bertz CT molecular complexity index is 645. The summed E-state index contributed by atoms with van der Waals surface area (Å²) in [5.74, 6) is 0.883. The molecule has 0 bridgehead atoms. The van der Waals surface area contributed by atoms with Crippen molar-refractivity contribution in [1.82, 2.24) is 5.32 Å². The molecule has 0 aliphatic carbocycles. The number of rotatable bonds is 8. The fourth-order valence-corrected chi connectivity index (χ4v) is 3.43. The number of hydrogen-bond acceptors (Lipinski definition) is 3. The van der Waals surface area contributed by atoms with Crippen molar-refractivity contribution in [3.05, 3.63) is 78.4 Å². The van der Waals surface area contributed by atoms with Gasteiger partial charge in [0.2, 0.25) is 0 Å². The van der Waals surface area contributed by atoms with E-state index in [0.29, 0.717) is 6.61 Å². The summed E-state index contributed by atoms with van der Waals surface area (Å²) in [5.41, 5.74) is 2.85. The summed E-state index contributed by atoms with van der Waals surface area (Å²) >= 11 is 0. The fraction of sp³-hybridized carbons (Fsp3) is 0.364. The van der Waals surface area contributed by atoms with E-state index in [2.05, 4.69) is 54.4 Å². The van der Waals surface area contributed by atoms with Crippen LogP contribution in [-0.2, 0) is 16.7 Å². The van der Waals surface area contributed by atoms with Crippen LogP contribution in [0.3, 0.4) is 0 Å². The Morgan fingerprint density at radius 1 is 1.04 bits per heavy atom. The van der Waals surface area contributed by atoms with Crippen molar-refractivity contribution in [1.29, 1.82) is 0 Å². The van der Waals surface area contributed by atoms with Crippen molar-refractivity contribution < 1.29 is 9.47 Å². The number of benzene rings is 2. The third-order valence-corrected chi connectivity index (χ3v) is 4.92. The Morgan fingerprint density at radius 2 is 1.76 bits per heavy atom. The van der Waals surface area contributed by atoms with Crippen LogP contribution in [0.25, 0.3) is 0 Å². The Hall–Kier alpha value is -2.10. The van der Waals surface area contributed by atoms with E-state index in [0.717, 1.165) is 44.9 Å². The molecular weight excluding hydrogens is 310 g/mol. The molecule has 25 heavy (non-hydrogen) atoms. The van der Waals surface area contributed by atoms with Gasteiger partial charge in [0.15, 0.2) is 0 Å². The van der Waals surface area contributed by atoms with Gasteiger partial charge in [-0.1, -0.05) is 55.1 Å². The maximum Gasteiger partial charge on any atom is 0.119 e. The minimum atomic E-state index is 0.173. The summed E-state index contributed by atoms with van der Waals surface area (Å²) in [6, 6.07) is 19.1. The first-order valence-electron chi connectivity index (χ1n) is 8.99. The second-order valence-corrected chi connectivity index (χ2v) is 6.61. The van der Waals surface area contributed by atoms with Crippen LogP contribution in [0.15, 0.2) is 67.3 Å². The standard InChI is InChI=1S/C22H27NO2/c1-2-14-25-21-10-8-19(9-11-21)17-23-18-22(12-15-24-16-13-22)20-6-4-3-5-7-20/h2-11,23H,1,12-18H2. The molecule has 1 fully saturated rings. The van der Waals surface area contributed by atoms with Gasteiger partial charge in [-0.05, 0) is 36.1 Å². The van der Waals surface area contributed by atoms with Gasteiger partial charge in [-0.25, -0.2) is 0 Å².